The minimum atomic E-state index is -0.617. The Kier molecular flexibility index (Phi) is 7.78. The fraction of sp³-hybridized carbons (Fsp3) is 0.333. The largest absolute Gasteiger partial charge is 0.489 e. The van der Waals surface area contributed by atoms with E-state index >= 15 is 0 Å². The summed E-state index contributed by atoms with van der Waals surface area (Å²) in [5.74, 6) is -0.670. The van der Waals surface area contributed by atoms with Gasteiger partial charge in [-0.2, -0.15) is 0 Å². The lowest BCUT2D eigenvalue weighted by Gasteiger charge is -2.21. The van der Waals surface area contributed by atoms with E-state index in [9.17, 15) is 19.1 Å². The molecule has 0 fully saturated rings. The second-order valence-corrected chi connectivity index (χ2v) is 7.47. The van der Waals surface area contributed by atoms with Gasteiger partial charge in [0.15, 0.2) is 0 Å². The van der Waals surface area contributed by atoms with Crippen molar-refractivity contribution in [2.24, 2.45) is 0 Å². The molecule has 2 aromatic rings. The van der Waals surface area contributed by atoms with Crippen LogP contribution in [0.3, 0.4) is 0 Å². The first-order chi connectivity index (χ1) is 15.0. The predicted molar refractivity (Wildman–Crippen MR) is 116 cm³/mol. The van der Waals surface area contributed by atoms with Gasteiger partial charge in [0.25, 0.3) is 11.8 Å². The summed E-state index contributed by atoms with van der Waals surface area (Å²) in [6.45, 7) is 2.87. The summed E-state index contributed by atoms with van der Waals surface area (Å²) < 4.78 is 19.7. The quantitative estimate of drug-likeness (QED) is 0.740. The zero-order valence-corrected chi connectivity index (χ0v) is 17.5. The number of aliphatic hydroxyl groups excluding tert-OH is 1. The van der Waals surface area contributed by atoms with Crippen molar-refractivity contribution in [3.05, 3.63) is 77.1 Å². The standard InChI is InChI=1S/C24H27FN2O4/c1-2-8-27-9-3-4-10-31-22-13-17(11-20(25)15-22)12-21(16-28)26-23(29)18-6-5-7-19(14-18)24(27)30/h3-7,11,13-15,21,28H,2,8-10,12,16H2,1H3,(H,26,29)/b4-3+. The molecule has 164 valence electrons. The van der Waals surface area contributed by atoms with Crippen molar-refractivity contribution in [3.8, 4) is 5.75 Å². The third kappa shape index (κ3) is 6.15. The van der Waals surface area contributed by atoms with Crippen LogP contribution < -0.4 is 10.1 Å². The Balaban J connectivity index is 1.95. The van der Waals surface area contributed by atoms with Crippen molar-refractivity contribution >= 4 is 11.8 Å². The molecule has 1 heterocycles. The third-order valence-electron chi connectivity index (χ3n) is 4.96. The first kappa shape index (κ1) is 22.5. The number of fused-ring (bicyclic) bond motifs is 4. The maximum atomic E-state index is 14.0. The van der Waals surface area contributed by atoms with Crippen LogP contribution in [0.5, 0.6) is 5.75 Å². The lowest BCUT2D eigenvalue weighted by atomic mass is 10.0. The third-order valence-corrected chi connectivity index (χ3v) is 4.96. The molecule has 2 N–H and O–H groups in total. The van der Waals surface area contributed by atoms with E-state index < -0.39 is 17.8 Å². The summed E-state index contributed by atoms with van der Waals surface area (Å²) in [4.78, 5) is 27.4. The van der Waals surface area contributed by atoms with Gasteiger partial charge in [-0.25, -0.2) is 4.39 Å². The number of amides is 2. The van der Waals surface area contributed by atoms with E-state index in [0.29, 0.717) is 35.5 Å². The van der Waals surface area contributed by atoms with Gasteiger partial charge in [-0.15, -0.1) is 0 Å². The van der Waals surface area contributed by atoms with Crippen LogP contribution in [0, 0.1) is 5.82 Å². The number of halogens is 1. The Morgan fingerprint density at radius 1 is 1.16 bits per heavy atom. The lowest BCUT2D eigenvalue weighted by Crippen LogP contribution is -2.39. The Hall–Kier alpha value is -3.19. The number of rotatable bonds is 3. The second kappa shape index (κ2) is 10.7. The molecule has 7 heteroatoms. The highest BCUT2D eigenvalue weighted by atomic mass is 19.1. The molecule has 4 bridgehead atoms. The van der Waals surface area contributed by atoms with Crippen LogP contribution in [0.2, 0.25) is 0 Å². The number of hydrogen-bond donors (Lipinski definition) is 2. The molecule has 3 rings (SSSR count). The van der Waals surface area contributed by atoms with Gasteiger partial charge in [0.1, 0.15) is 18.2 Å². The molecule has 0 saturated heterocycles. The fourth-order valence-electron chi connectivity index (χ4n) is 3.47. The van der Waals surface area contributed by atoms with Crippen molar-refractivity contribution in [1.82, 2.24) is 10.2 Å². The molecule has 0 radical (unpaired) electrons. The van der Waals surface area contributed by atoms with Gasteiger partial charge in [0.05, 0.1) is 12.6 Å². The van der Waals surface area contributed by atoms with Gasteiger partial charge < -0.3 is 20.1 Å². The van der Waals surface area contributed by atoms with E-state index in [4.69, 9.17) is 4.74 Å². The molecule has 31 heavy (non-hydrogen) atoms. The van der Waals surface area contributed by atoms with Crippen molar-refractivity contribution in [1.29, 1.82) is 0 Å². The Morgan fingerprint density at radius 3 is 2.74 bits per heavy atom. The number of carbonyl (C=O) groups is 2. The fourth-order valence-corrected chi connectivity index (χ4v) is 3.47. The highest BCUT2D eigenvalue weighted by Gasteiger charge is 2.18. The van der Waals surface area contributed by atoms with Gasteiger partial charge in [0, 0.05) is 30.3 Å². The summed E-state index contributed by atoms with van der Waals surface area (Å²) in [7, 11) is 0. The molecule has 2 aromatic carbocycles. The monoisotopic (exact) mass is 426 g/mol. The molecule has 1 atom stereocenters. The van der Waals surface area contributed by atoms with Gasteiger partial charge in [0.2, 0.25) is 0 Å². The number of ether oxygens (including phenoxy) is 1. The van der Waals surface area contributed by atoms with E-state index in [1.165, 1.54) is 12.1 Å². The molecule has 1 unspecified atom stereocenters. The van der Waals surface area contributed by atoms with Crippen LogP contribution in [0.4, 0.5) is 4.39 Å². The van der Waals surface area contributed by atoms with Crippen LogP contribution in [0.25, 0.3) is 0 Å². The average Bonchev–Trinajstić information content (AvgIpc) is 2.76. The van der Waals surface area contributed by atoms with Gasteiger partial charge in [-0.1, -0.05) is 19.1 Å². The second-order valence-electron chi connectivity index (χ2n) is 7.47. The first-order valence-corrected chi connectivity index (χ1v) is 10.4. The zero-order valence-electron chi connectivity index (χ0n) is 17.5. The number of aliphatic hydroxyl groups is 1. The van der Waals surface area contributed by atoms with Gasteiger partial charge in [-0.3, -0.25) is 9.59 Å². The number of carbonyl (C=O) groups excluding carboxylic acids is 2. The van der Waals surface area contributed by atoms with E-state index in [2.05, 4.69) is 5.32 Å². The highest BCUT2D eigenvalue weighted by Crippen LogP contribution is 2.18. The highest BCUT2D eigenvalue weighted by molar-refractivity contribution is 5.99. The van der Waals surface area contributed by atoms with Gasteiger partial charge in [-0.05, 0) is 54.8 Å². The molecule has 2 amide bonds. The number of benzene rings is 2. The van der Waals surface area contributed by atoms with E-state index in [0.717, 1.165) is 6.42 Å². The lowest BCUT2D eigenvalue weighted by molar-refractivity contribution is 0.0773. The topological polar surface area (TPSA) is 78.9 Å². The summed E-state index contributed by atoms with van der Waals surface area (Å²) >= 11 is 0. The number of hydrogen-bond acceptors (Lipinski definition) is 4. The molecule has 0 saturated carbocycles. The molecule has 0 aromatic heterocycles. The number of nitrogens with one attached hydrogen (secondary N) is 1. The summed E-state index contributed by atoms with van der Waals surface area (Å²) in [5, 5.41) is 12.5. The van der Waals surface area contributed by atoms with Crippen LogP contribution in [0.15, 0.2) is 54.6 Å². The molecule has 1 aliphatic heterocycles. The minimum absolute atomic E-state index is 0.168. The maximum Gasteiger partial charge on any atom is 0.254 e. The summed E-state index contributed by atoms with van der Waals surface area (Å²) in [6, 6.07) is 10.2. The molecular weight excluding hydrogens is 399 g/mol. The smallest absolute Gasteiger partial charge is 0.254 e. The SMILES string of the molecule is CCCN1C/C=C/COc2cc(F)cc(c2)CC(CO)NC(=O)c2cccc(c2)C1=O. The summed E-state index contributed by atoms with van der Waals surface area (Å²) in [5.41, 5.74) is 1.34. The van der Waals surface area contributed by atoms with Gasteiger partial charge >= 0.3 is 0 Å². The number of nitrogens with zero attached hydrogens (tertiary/aromatic N) is 1. The Bertz CT molecular complexity index is 960. The molecule has 0 aliphatic carbocycles. The van der Waals surface area contributed by atoms with Crippen LogP contribution in [0.1, 0.15) is 39.6 Å². The molecule has 1 aliphatic rings. The zero-order chi connectivity index (χ0) is 22.2. The van der Waals surface area contributed by atoms with E-state index in [1.807, 2.05) is 13.0 Å². The molecule has 0 spiro atoms. The van der Waals surface area contributed by atoms with Crippen molar-refractivity contribution in [2.75, 3.05) is 26.3 Å². The van der Waals surface area contributed by atoms with E-state index in [1.54, 1.807) is 41.3 Å². The minimum Gasteiger partial charge on any atom is -0.489 e. The molecular formula is C24H27FN2O4. The van der Waals surface area contributed by atoms with Crippen LogP contribution in [-0.4, -0.2) is 54.2 Å². The predicted octanol–water partition coefficient (Wildman–Crippen LogP) is 2.96. The Morgan fingerprint density at radius 2 is 1.97 bits per heavy atom. The van der Waals surface area contributed by atoms with Crippen LogP contribution in [-0.2, 0) is 6.42 Å². The Labute approximate surface area is 181 Å². The van der Waals surface area contributed by atoms with Crippen LogP contribution >= 0.6 is 0 Å². The normalized spacial score (nSPS) is 18.7. The first-order valence-electron chi connectivity index (χ1n) is 10.4. The van der Waals surface area contributed by atoms with Crippen molar-refractivity contribution in [2.45, 2.75) is 25.8 Å². The van der Waals surface area contributed by atoms with Crippen molar-refractivity contribution < 1.29 is 23.8 Å². The van der Waals surface area contributed by atoms with Crippen molar-refractivity contribution in [3.63, 3.8) is 0 Å². The average molecular weight is 426 g/mol. The molecule has 6 nitrogen and oxygen atoms in total. The summed E-state index contributed by atoms with van der Waals surface area (Å²) in [6.07, 6.45) is 4.65. The van der Waals surface area contributed by atoms with E-state index in [-0.39, 0.29) is 25.5 Å². The maximum absolute atomic E-state index is 14.0.